The molecule has 1 heterocycles. The molecule has 19 heavy (non-hydrogen) atoms. The normalized spacial score (nSPS) is 12.4. The molecule has 0 amide bonds. The molecule has 100 valence electrons. The van der Waals surface area contributed by atoms with Gasteiger partial charge in [-0.1, -0.05) is 29.8 Å². The molecule has 2 rings (SSSR count). The van der Waals surface area contributed by atoms with Crippen molar-refractivity contribution in [2.24, 2.45) is 0 Å². The minimum Gasteiger partial charge on any atom is -0.506 e. The van der Waals surface area contributed by atoms with Crippen LogP contribution in [0.25, 0.3) is 0 Å². The van der Waals surface area contributed by atoms with Gasteiger partial charge in [0.1, 0.15) is 5.75 Å². The molecule has 0 aliphatic heterocycles. The van der Waals surface area contributed by atoms with Gasteiger partial charge in [-0.3, -0.25) is 4.98 Å². The van der Waals surface area contributed by atoms with Crippen molar-refractivity contribution in [1.29, 1.82) is 0 Å². The Labute approximate surface area is 118 Å². The van der Waals surface area contributed by atoms with Gasteiger partial charge < -0.3 is 10.4 Å². The van der Waals surface area contributed by atoms with Crippen LogP contribution in [0.3, 0.4) is 0 Å². The van der Waals surface area contributed by atoms with Crippen LogP contribution < -0.4 is 5.32 Å². The minimum atomic E-state index is 0.0930. The molecule has 2 aromatic rings. The first-order valence-electron chi connectivity index (χ1n) is 6.21. The van der Waals surface area contributed by atoms with Crippen LogP contribution in [0.2, 0.25) is 5.02 Å². The molecule has 0 aliphatic rings. The fraction of sp³-hybridized carbons (Fsp3) is 0.267. The van der Waals surface area contributed by atoms with E-state index in [1.54, 1.807) is 12.1 Å². The number of halogens is 1. The maximum Gasteiger partial charge on any atom is 0.138 e. The summed E-state index contributed by atoms with van der Waals surface area (Å²) < 4.78 is 0. The standard InChI is InChI=1S/C15H17ClN2O/c1-10-7-8-15(19)14(18-10)9-17-11(2)12-5-3-4-6-13(12)16/h3-8,11,17,19H,9H2,1-2H3/t11-/m0/s1. The lowest BCUT2D eigenvalue weighted by molar-refractivity contribution is 0.454. The molecular formula is C15H17ClN2O. The number of hydrogen-bond donors (Lipinski definition) is 2. The molecule has 0 saturated heterocycles. The monoisotopic (exact) mass is 276 g/mol. The Morgan fingerprint density at radius 2 is 2.00 bits per heavy atom. The van der Waals surface area contributed by atoms with Gasteiger partial charge in [-0.05, 0) is 37.6 Å². The van der Waals surface area contributed by atoms with Gasteiger partial charge in [-0.2, -0.15) is 0 Å². The Bertz CT molecular complexity index is 572. The zero-order valence-corrected chi connectivity index (χ0v) is 11.8. The number of nitrogens with one attached hydrogen (secondary N) is 1. The third-order valence-electron chi connectivity index (χ3n) is 3.04. The lowest BCUT2D eigenvalue weighted by Gasteiger charge is -2.16. The summed E-state index contributed by atoms with van der Waals surface area (Å²) in [6.07, 6.45) is 0. The van der Waals surface area contributed by atoms with E-state index in [1.165, 1.54) is 0 Å². The summed E-state index contributed by atoms with van der Waals surface area (Å²) in [5.74, 6) is 0.212. The van der Waals surface area contributed by atoms with Gasteiger partial charge >= 0.3 is 0 Å². The summed E-state index contributed by atoms with van der Waals surface area (Å²) in [6.45, 7) is 4.44. The Balaban J connectivity index is 2.06. The smallest absolute Gasteiger partial charge is 0.138 e. The summed E-state index contributed by atoms with van der Waals surface area (Å²) >= 11 is 6.15. The van der Waals surface area contributed by atoms with Crippen molar-refractivity contribution in [1.82, 2.24) is 10.3 Å². The van der Waals surface area contributed by atoms with Crippen molar-refractivity contribution in [2.75, 3.05) is 0 Å². The van der Waals surface area contributed by atoms with Gasteiger partial charge in [0.05, 0.1) is 5.69 Å². The van der Waals surface area contributed by atoms with Gasteiger partial charge in [0.25, 0.3) is 0 Å². The third kappa shape index (κ3) is 3.46. The molecule has 4 heteroatoms. The molecule has 0 aliphatic carbocycles. The SMILES string of the molecule is Cc1ccc(O)c(CN[C@@H](C)c2ccccc2Cl)n1. The molecule has 1 aromatic heterocycles. The molecule has 0 radical (unpaired) electrons. The first kappa shape index (κ1) is 13.8. The Morgan fingerprint density at radius 1 is 1.26 bits per heavy atom. The second kappa shape index (κ2) is 6.04. The fourth-order valence-electron chi connectivity index (χ4n) is 1.92. The minimum absolute atomic E-state index is 0.0930. The average molecular weight is 277 g/mol. The summed E-state index contributed by atoms with van der Waals surface area (Å²) in [7, 11) is 0. The van der Waals surface area contributed by atoms with Crippen LogP contribution in [0.15, 0.2) is 36.4 Å². The van der Waals surface area contributed by atoms with Gasteiger partial charge in [-0.15, -0.1) is 0 Å². The zero-order valence-electron chi connectivity index (χ0n) is 11.0. The van der Waals surface area contributed by atoms with E-state index >= 15 is 0 Å². The van der Waals surface area contributed by atoms with Crippen molar-refractivity contribution in [3.05, 3.63) is 58.4 Å². The number of rotatable bonds is 4. The molecule has 0 bridgehead atoms. The number of hydrogen-bond acceptors (Lipinski definition) is 3. The largest absolute Gasteiger partial charge is 0.506 e. The summed E-state index contributed by atoms with van der Waals surface area (Å²) in [4.78, 5) is 4.32. The summed E-state index contributed by atoms with van der Waals surface area (Å²) in [5, 5.41) is 13.8. The molecule has 3 nitrogen and oxygen atoms in total. The molecule has 0 fully saturated rings. The highest BCUT2D eigenvalue weighted by Gasteiger charge is 2.10. The van der Waals surface area contributed by atoms with Crippen LogP contribution in [0.1, 0.15) is 29.9 Å². The van der Waals surface area contributed by atoms with E-state index in [2.05, 4.69) is 10.3 Å². The maximum atomic E-state index is 9.74. The van der Waals surface area contributed by atoms with Crippen molar-refractivity contribution >= 4 is 11.6 Å². The van der Waals surface area contributed by atoms with E-state index in [-0.39, 0.29) is 11.8 Å². The van der Waals surface area contributed by atoms with E-state index in [4.69, 9.17) is 11.6 Å². The molecule has 2 N–H and O–H groups in total. The lowest BCUT2D eigenvalue weighted by atomic mass is 10.1. The third-order valence-corrected chi connectivity index (χ3v) is 3.38. The predicted molar refractivity (Wildman–Crippen MR) is 77.3 cm³/mol. The molecule has 1 aromatic carbocycles. The van der Waals surface area contributed by atoms with E-state index in [0.29, 0.717) is 12.2 Å². The quantitative estimate of drug-likeness (QED) is 0.897. The average Bonchev–Trinajstić information content (AvgIpc) is 2.40. The topological polar surface area (TPSA) is 45.1 Å². The van der Waals surface area contributed by atoms with Crippen LogP contribution >= 0.6 is 11.6 Å². The van der Waals surface area contributed by atoms with Crippen LogP contribution in [0.5, 0.6) is 5.75 Å². The highest BCUT2D eigenvalue weighted by molar-refractivity contribution is 6.31. The first-order valence-corrected chi connectivity index (χ1v) is 6.59. The van der Waals surface area contributed by atoms with Crippen molar-refractivity contribution < 1.29 is 5.11 Å². The van der Waals surface area contributed by atoms with E-state index in [1.807, 2.05) is 38.1 Å². The maximum absolute atomic E-state index is 9.74. The first-order chi connectivity index (χ1) is 9.08. The van der Waals surface area contributed by atoms with Crippen LogP contribution in [-0.4, -0.2) is 10.1 Å². The molecular weight excluding hydrogens is 260 g/mol. The highest BCUT2D eigenvalue weighted by atomic mass is 35.5. The predicted octanol–water partition coefficient (Wildman–Crippen LogP) is 3.60. The van der Waals surface area contributed by atoms with E-state index < -0.39 is 0 Å². The summed E-state index contributed by atoms with van der Waals surface area (Å²) in [6, 6.07) is 11.3. The number of aromatic nitrogens is 1. The summed E-state index contributed by atoms with van der Waals surface area (Å²) in [5.41, 5.74) is 2.58. The van der Waals surface area contributed by atoms with Crippen LogP contribution in [-0.2, 0) is 6.54 Å². The number of aromatic hydroxyl groups is 1. The van der Waals surface area contributed by atoms with Crippen molar-refractivity contribution in [3.8, 4) is 5.75 Å². The second-order valence-electron chi connectivity index (χ2n) is 4.54. The van der Waals surface area contributed by atoms with E-state index in [0.717, 1.165) is 16.3 Å². The number of benzene rings is 1. The molecule has 0 unspecified atom stereocenters. The fourth-order valence-corrected chi connectivity index (χ4v) is 2.22. The van der Waals surface area contributed by atoms with Crippen molar-refractivity contribution in [3.63, 3.8) is 0 Å². The van der Waals surface area contributed by atoms with Gasteiger partial charge in [-0.25, -0.2) is 0 Å². The van der Waals surface area contributed by atoms with Gasteiger partial charge in [0.2, 0.25) is 0 Å². The second-order valence-corrected chi connectivity index (χ2v) is 4.95. The van der Waals surface area contributed by atoms with Crippen LogP contribution in [0.4, 0.5) is 0 Å². The van der Waals surface area contributed by atoms with E-state index in [9.17, 15) is 5.11 Å². The van der Waals surface area contributed by atoms with Gasteiger partial charge in [0.15, 0.2) is 0 Å². The zero-order chi connectivity index (χ0) is 13.8. The van der Waals surface area contributed by atoms with Crippen molar-refractivity contribution in [2.45, 2.75) is 26.4 Å². The Hall–Kier alpha value is -1.58. The van der Waals surface area contributed by atoms with Gasteiger partial charge in [0, 0.05) is 23.3 Å². The van der Waals surface area contributed by atoms with Crippen LogP contribution in [0, 0.1) is 6.92 Å². The number of aryl methyl sites for hydroxylation is 1. The highest BCUT2D eigenvalue weighted by Crippen LogP contribution is 2.23. The lowest BCUT2D eigenvalue weighted by Crippen LogP contribution is -2.19. The number of pyridine rings is 1. The number of nitrogens with zero attached hydrogens (tertiary/aromatic N) is 1. The molecule has 0 saturated carbocycles. The molecule has 1 atom stereocenters. The molecule has 0 spiro atoms. The Morgan fingerprint density at radius 3 is 2.74 bits per heavy atom. The Kier molecular flexibility index (Phi) is 4.40.